The van der Waals surface area contributed by atoms with Gasteiger partial charge in [0.25, 0.3) is 0 Å². The van der Waals surface area contributed by atoms with E-state index in [2.05, 4.69) is 10.6 Å². The van der Waals surface area contributed by atoms with Gasteiger partial charge in [0.1, 0.15) is 5.82 Å². The van der Waals surface area contributed by atoms with Crippen LogP contribution >= 0.6 is 0 Å². The highest BCUT2D eigenvalue weighted by molar-refractivity contribution is 5.92. The fraction of sp³-hybridized carbons (Fsp3) is 0.250. The van der Waals surface area contributed by atoms with Crippen molar-refractivity contribution in [3.63, 3.8) is 0 Å². The van der Waals surface area contributed by atoms with E-state index in [-0.39, 0.29) is 11.7 Å². The quantitative estimate of drug-likeness (QED) is 0.746. The van der Waals surface area contributed by atoms with Crippen molar-refractivity contribution in [2.24, 2.45) is 5.92 Å². The number of rotatable bonds is 6. The molecule has 3 nitrogen and oxygen atoms in total. The Labute approximate surface area is 138 Å². The van der Waals surface area contributed by atoms with Gasteiger partial charge in [0.15, 0.2) is 5.78 Å². The number of para-hydroxylation sites is 2. The Morgan fingerprint density at radius 1 is 0.870 bits per heavy atom. The van der Waals surface area contributed by atoms with Gasteiger partial charge < -0.3 is 10.6 Å². The number of carbonyl (C=O) groups is 1. The third-order valence-electron chi connectivity index (χ3n) is 3.68. The molecule has 2 N–H and O–H groups in total. The highest BCUT2D eigenvalue weighted by atomic mass is 16.1. The van der Waals surface area contributed by atoms with Crippen molar-refractivity contribution in [2.75, 3.05) is 10.6 Å². The van der Waals surface area contributed by atoms with Crippen molar-refractivity contribution in [1.29, 1.82) is 0 Å². The molecule has 3 heteroatoms. The van der Waals surface area contributed by atoms with Crippen molar-refractivity contribution in [2.45, 2.75) is 27.7 Å². The van der Waals surface area contributed by atoms with E-state index in [4.69, 9.17) is 0 Å². The average molecular weight is 308 g/mol. The van der Waals surface area contributed by atoms with E-state index in [0.29, 0.717) is 5.82 Å². The Balaban J connectivity index is 2.31. The van der Waals surface area contributed by atoms with Crippen LogP contribution in [0.25, 0.3) is 0 Å². The number of nitrogens with one attached hydrogen (secondary N) is 2. The molecule has 0 unspecified atom stereocenters. The van der Waals surface area contributed by atoms with E-state index < -0.39 is 0 Å². The Bertz CT molecular complexity index is 668. The van der Waals surface area contributed by atoms with Crippen molar-refractivity contribution < 1.29 is 4.79 Å². The topological polar surface area (TPSA) is 41.1 Å². The molecule has 0 aliphatic heterocycles. The third kappa shape index (κ3) is 4.71. The largest absolute Gasteiger partial charge is 0.341 e. The molecule has 0 spiro atoms. The maximum Gasteiger partial charge on any atom is 0.161 e. The lowest BCUT2D eigenvalue weighted by Gasteiger charge is -2.17. The lowest BCUT2D eigenvalue weighted by Crippen LogP contribution is -2.15. The second-order valence-electron chi connectivity index (χ2n) is 5.99. The van der Waals surface area contributed by atoms with Crippen molar-refractivity contribution in [1.82, 2.24) is 0 Å². The van der Waals surface area contributed by atoms with E-state index in [9.17, 15) is 4.79 Å². The van der Waals surface area contributed by atoms with Crippen LogP contribution < -0.4 is 10.6 Å². The van der Waals surface area contributed by atoms with E-state index >= 15 is 0 Å². The number of hydrogen-bond acceptors (Lipinski definition) is 3. The summed E-state index contributed by atoms with van der Waals surface area (Å²) in [7, 11) is 0. The summed E-state index contributed by atoms with van der Waals surface area (Å²) in [5.41, 5.74) is 4.22. The van der Waals surface area contributed by atoms with E-state index in [1.807, 2.05) is 76.2 Å². The zero-order valence-electron chi connectivity index (χ0n) is 14.2. The average Bonchev–Trinajstić information content (AvgIpc) is 2.51. The Hall–Kier alpha value is -2.55. The fourth-order valence-corrected chi connectivity index (χ4v) is 2.13. The molecule has 120 valence electrons. The molecule has 2 aromatic rings. The Kier molecular flexibility index (Phi) is 5.58. The summed E-state index contributed by atoms with van der Waals surface area (Å²) in [6.07, 6.45) is 1.64. The molecule has 0 atom stereocenters. The van der Waals surface area contributed by atoms with Crippen molar-refractivity contribution >= 4 is 17.2 Å². The summed E-state index contributed by atoms with van der Waals surface area (Å²) in [5.74, 6) is 0.733. The van der Waals surface area contributed by atoms with Gasteiger partial charge in [-0.05, 0) is 37.1 Å². The SMILES string of the molecule is Cc1ccccc1NC(=CC(=O)C(C)C)Nc1ccccc1C. The van der Waals surface area contributed by atoms with Crippen LogP contribution in [0.1, 0.15) is 25.0 Å². The zero-order valence-corrected chi connectivity index (χ0v) is 14.2. The molecule has 0 heterocycles. The molecule has 0 amide bonds. The lowest BCUT2D eigenvalue weighted by molar-refractivity contribution is -0.117. The maximum absolute atomic E-state index is 12.1. The first-order valence-corrected chi connectivity index (χ1v) is 7.88. The molecule has 2 aromatic carbocycles. The van der Waals surface area contributed by atoms with Crippen molar-refractivity contribution in [3.8, 4) is 0 Å². The van der Waals surface area contributed by atoms with Gasteiger partial charge >= 0.3 is 0 Å². The van der Waals surface area contributed by atoms with Gasteiger partial charge in [-0.2, -0.15) is 0 Å². The van der Waals surface area contributed by atoms with Gasteiger partial charge in [-0.15, -0.1) is 0 Å². The van der Waals surface area contributed by atoms with Gasteiger partial charge in [-0.3, -0.25) is 4.79 Å². The minimum absolute atomic E-state index is 0.0395. The summed E-state index contributed by atoms with van der Waals surface area (Å²) in [5, 5.41) is 6.68. The molecule has 2 rings (SSSR count). The molecule has 0 aliphatic carbocycles. The molecule has 0 saturated carbocycles. The monoisotopic (exact) mass is 308 g/mol. The zero-order chi connectivity index (χ0) is 16.8. The molecule has 0 bridgehead atoms. The standard InChI is InChI=1S/C20H24N2O/c1-14(2)19(23)13-20(21-17-11-7-5-9-15(17)3)22-18-12-8-6-10-16(18)4/h5-14,21-22H,1-4H3. The first-order chi connectivity index (χ1) is 11.0. The van der Waals surface area contributed by atoms with Crippen LogP contribution in [0.4, 0.5) is 11.4 Å². The Morgan fingerprint density at radius 2 is 1.30 bits per heavy atom. The molecular weight excluding hydrogens is 284 g/mol. The van der Waals surface area contributed by atoms with E-state index in [0.717, 1.165) is 22.5 Å². The van der Waals surface area contributed by atoms with Crippen LogP contribution in [-0.2, 0) is 4.79 Å². The molecule has 0 radical (unpaired) electrons. The molecule has 23 heavy (non-hydrogen) atoms. The lowest BCUT2D eigenvalue weighted by atomic mass is 10.1. The Morgan fingerprint density at radius 3 is 1.70 bits per heavy atom. The van der Waals surface area contributed by atoms with Gasteiger partial charge in [0.05, 0.1) is 0 Å². The van der Waals surface area contributed by atoms with Crippen LogP contribution in [0.3, 0.4) is 0 Å². The second-order valence-corrected chi connectivity index (χ2v) is 5.99. The van der Waals surface area contributed by atoms with Crippen LogP contribution in [-0.4, -0.2) is 5.78 Å². The number of hydrogen-bond donors (Lipinski definition) is 2. The van der Waals surface area contributed by atoms with E-state index in [1.165, 1.54) is 0 Å². The van der Waals surface area contributed by atoms with E-state index in [1.54, 1.807) is 6.08 Å². The maximum atomic E-state index is 12.1. The summed E-state index contributed by atoms with van der Waals surface area (Å²) >= 11 is 0. The molecular formula is C20H24N2O. The summed E-state index contributed by atoms with van der Waals surface area (Å²) in [4.78, 5) is 12.1. The normalized spacial score (nSPS) is 10.3. The highest BCUT2D eigenvalue weighted by Crippen LogP contribution is 2.20. The second kappa shape index (κ2) is 7.63. The number of benzene rings is 2. The molecule has 0 saturated heterocycles. The minimum Gasteiger partial charge on any atom is -0.341 e. The molecule has 0 aliphatic rings. The predicted molar refractivity (Wildman–Crippen MR) is 97.5 cm³/mol. The summed E-state index contributed by atoms with van der Waals surface area (Å²) < 4.78 is 0. The van der Waals surface area contributed by atoms with Crippen LogP contribution in [0, 0.1) is 19.8 Å². The van der Waals surface area contributed by atoms with Crippen LogP contribution in [0.15, 0.2) is 60.4 Å². The molecule has 0 fully saturated rings. The number of ketones is 1. The number of anilines is 2. The third-order valence-corrected chi connectivity index (χ3v) is 3.68. The smallest absolute Gasteiger partial charge is 0.161 e. The number of carbonyl (C=O) groups excluding carboxylic acids is 1. The first kappa shape index (κ1) is 16.8. The van der Waals surface area contributed by atoms with Crippen LogP contribution in [0.5, 0.6) is 0 Å². The van der Waals surface area contributed by atoms with Gasteiger partial charge in [0.2, 0.25) is 0 Å². The van der Waals surface area contributed by atoms with Gasteiger partial charge in [-0.1, -0.05) is 50.2 Å². The van der Waals surface area contributed by atoms with Crippen molar-refractivity contribution in [3.05, 3.63) is 71.6 Å². The van der Waals surface area contributed by atoms with Crippen LogP contribution in [0.2, 0.25) is 0 Å². The number of allylic oxidation sites excluding steroid dienone is 1. The molecule has 0 aromatic heterocycles. The number of aryl methyl sites for hydroxylation is 2. The van der Waals surface area contributed by atoms with Gasteiger partial charge in [-0.25, -0.2) is 0 Å². The highest BCUT2D eigenvalue weighted by Gasteiger charge is 2.09. The minimum atomic E-state index is -0.0395. The van der Waals surface area contributed by atoms with Gasteiger partial charge in [0, 0.05) is 23.4 Å². The fourth-order valence-electron chi connectivity index (χ4n) is 2.13. The summed E-state index contributed by atoms with van der Waals surface area (Å²) in [6.45, 7) is 7.88. The predicted octanol–water partition coefficient (Wildman–Crippen LogP) is 4.89. The first-order valence-electron chi connectivity index (χ1n) is 7.88. The summed E-state index contributed by atoms with van der Waals surface area (Å²) in [6, 6.07) is 16.0.